The zero-order valence-corrected chi connectivity index (χ0v) is 7.58. The molecule has 0 radical (unpaired) electrons. The number of esters is 1. The summed E-state index contributed by atoms with van der Waals surface area (Å²) in [5.41, 5.74) is 0. The Morgan fingerprint density at radius 1 is 1.67 bits per heavy atom. The molecule has 1 aliphatic rings. The normalized spacial score (nSPS) is 28.4. The zero-order chi connectivity index (χ0) is 8.97. The van der Waals surface area contributed by atoms with Gasteiger partial charge in [0.05, 0.1) is 0 Å². The van der Waals surface area contributed by atoms with Crippen molar-refractivity contribution in [3.8, 4) is 0 Å². The molecule has 1 aliphatic carbocycles. The van der Waals surface area contributed by atoms with Crippen LogP contribution in [0.4, 0.5) is 0 Å². The summed E-state index contributed by atoms with van der Waals surface area (Å²) >= 11 is 0. The van der Waals surface area contributed by atoms with Crippen molar-refractivity contribution in [2.45, 2.75) is 38.7 Å². The summed E-state index contributed by atoms with van der Waals surface area (Å²) in [4.78, 5) is 10.9. The molecule has 0 amide bonds. The van der Waals surface area contributed by atoms with Crippen molar-refractivity contribution in [3.63, 3.8) is 0 Å². The highest BCUT2D eigenvalue weighted by Crippen LogP contribution is 2.30. The molecule has 1 fully saturated rings. The van der Waals surface area contributed by atoms with Crippen LogP contribution in [0.1, 0.15) is 32.6 Å². The Morgan fingerprint density at radius 2 is 2.42 bits per heavy atom. The summed E-state index contributed by atoms with van der Waals surface area (Å²) < 4.78 is 5.21. The Hall–Kier alpha value is -0.790. The van der Waals surface area contributed by atoms with Crippen LogP contribution in [0.2, 0.25) is 0 Å². The lowest BCUT2D eigenvalue weighted by Gasteiger charge is -2.17. The Kier molecular flexibility index (Phi) is 3.32. The van der Waals surface area contributed by atoms with Crippen molar-refractivity contribution in [2.24, 2.45) is 5.92 Å². The maximum absolute atomic E-state index is 10.9. The van der Waals surface area contributed by atoms with Gasteiger partial charge in [0.2, 0.25) is 0 Å². The SMILES string of the molecule is C=CC(=O)OC1CCCC1CC. The van der Waals surface area contributed by atoms with Gasteiger partial charge in [-0.2, -0.15) is 0 Å². The molecule has 0 saturated heterocycles. The van der Waals surface area contributed by atoms with E-state index in [0.29, 0.717) is 5.92 Å². The van der Waals surface area contributed by atoms with Crippen molar-refractivity contribution in [3.05, 3.63) is 12.7 Å². The topological polar surface area (TPSA) is 26.3 Å². The van der Waals surface area contributed by atoms with E-state index in [4.69, 9.17) is 4.74 Å². The van der Waals surface area contributed by atoms with Gasteiger partial charge in [0.1, 0.15) is 6.10 Å². The second kappa shape index (κ2) is 4.29. The standard InChI is InChI=1S/C10H16O2/c1-3-8-6-5-7-9(8)12-10(11)4-2/h4,8-9H,2-3,5-7H2,1H3. The number of hydrogen-bond acceptors (Lipinski definition) is 2. The fourth-order valence-electron chi connectivity index (χ4n) is 1.82. The van der Waals surface area contributed by atoms with Crippen LogP contribution in [0.25, 0.3) is 0 Å². The van der Waals surface area contributed by atoms with Crippen LogP contribution in [0.3, 0.4) is 0 Å². The third kappa shape index (κ3) is 2.10. The summed E-state index contributed by atoms with van der Waals surface area (Å²) in [6, 6.07) is 0. The summed E-state index contributed by atoms with van der Waals surface area (Å²) in [5.74, 6) is 0.300. The number of ether oxygens (including phenoxy) is 1. The summed E-state index contributed by atoms with van der Waals surface area (Å²) in [6.45, 7) is 5.52. The van der Waals surface area contributed by atoms with E-state index in [1.807, 2.05) is 0 Å². The minimum Gasteiger partial charge on any atom is -0.459 e. The lowest BCUT2D eigenvalue weighted by molar-refractivity contribution is -0.144. The molecule has 0 bridgehead atoms. The largest absolute Gasteiger partial charge is 0.459 e. The van der Waals surface area contributed by atoms with Crippen LogP contribution >= 0.6 is 0 Å². The van der Waals surface area contributed by atoms with E-state index in [0.717, 1.165) is 12.8 Å². The molecule has 12 heavy (non-hydrogen) atoms. The summed E-state index contributed by atoms with van der Waals surface area (Å²) in [5, 5.41) is 0. The maximum Gasteiger partial charge on any atom is 0.330 e. The highest BCUT2D eigenvalue weighted by Gasteiger charge is 2.28. The first-order valence-electron chi connectivity index (χ1n) is 4.61. The fourth-order valence-corrected chi connectivity index (χ4v) is 1.82. The molecule has 68 valence electrons. The van der Waals surface area contributed by atoms with Gasteiger partial charge in [-0.05, 0) is 31.6 Å². The van der Waals surface area contributed by atoms with Crippen LogP contribution in [0.5, 0.6) is 0 Å². The second-order valence-corrected chi connectivity index (χ2v) is 3.28. The Morgan fingerprint density at radius 3 is 3.00 bits per heavy atom. The molecule has 0 N–H and O–H groups in total. The highest BCUT2D eigenvalue weighted by atomic mass is 16.5. The third-order valence-electron chi connectivity index (χ3n) is 2.55. The minimum atomic E-state index is -0.277. The van der Waals surface area contributed by atoms with Gasteiger partial charge in [0.15, 0.2) is 0 Å². The number of carbonyl (C=O) groups excluding carboxylic acids is 1. The van der Waals surface area contributed by atoms with Crippen LogP contribution < -0.4 is 0 Å². The second-order valence-electron chi connectivity index (χ2n) is 3.28. The van der Waals surface area contributed by atoms with Gasteiger partial charge in [0.25, 0.3) is 0 Å². The van der Waals surface area contributed by atoms with Crippen molar-refractivity contribution in [1.29, 1.82) is 0 Å². The highest BCUT2D eigenvalue weighted by molar-refractivity contribution is 5.81. The van der Waals surface area contributed by atoms with E-state index in [1.165, 1.54) is 18.9 Å². The predicted octanol–water partition coefficient (Wildman–Crippen LogP) is 2.29. The summed E-state index contributed by atoms with van der Waals surface area (Å²) in [7, 11) is 0. The summed E-state index contributed by atoms with van der Waals surface area (Å²) in [6.07, 6.45) is 5.91. The molecule has 1 rings (SSSR count). The molecule has 2 heteroatoms. The lowest BCUT2D eigenvalue weighted by Crippen LogP contribution is -2.20. The molecule has 2 nitrogen and oxygen atoms in total. The lowest BCUT2D eigenvalue weighted by atomic mass is 10.0. The molecule has 0 spiro atoms. The van der Waals surface area contributed by atoms with E-state index < -0.39 is 0 Å². The predicted molar refractivity (Wildman–Crippen MR) is 47.7 cm³/mol. The number of rotatable bonds is 3. The van der Waals surface area contributed by atoms with Gasteiger partial charge in [-0.3, -0.25) is 0 Å². The average molecular weight is 168 g/mol. The van der Waals surface area contributed by atoms with Gasteiger partial charge in [-0.25, -0.2) is 4.79 Å². The van der Waals surface area contributed by atoms with Gasteiger partial charge in [0, 0.05) is 6.08 Å². The molecular formula is C10H16O2. The van der Waals surface area contributed by atoms with Crippen LogP contribution in [0.15, 0.2) is 12.7 Å². The molecule has 0 aromatic rings. The van der Waals surface area contributed by atoms with Gasteiger partial charge >= 0.3 is 5.97 Å². The van der Waals surface area contributed by atoms with E-state index >= 15 is 0 Å². The number of carbonyl (C=O) groups is 1. The Labute approximate surface area is 73.6 Å². The van der Waals surface area contributed by atoms with Gasteiger partial charge in [-0.15, -0.1) is 0 Å². The fraction of sp³-hybridized carbons (Fsp3) is 0.700. The maximum atomic E-state index is 10.9. The quantitative estimate of drug-likeness (QED) is 0.477. The first kappa shape index (κ1) is 9.30. The smallest absolute Gasteiger partial charge is 0.330 e. The van der Waals surface area contributed by atoms with Crippen molar-refractivity contribution < 1.29 is 9.53 Å². The van der Waals surface area contributed by atoms with Crippen LogP contribution in [0, 0.1) is 5.92 Å². The zero-order valence-electron chi connectivity index (χ0n) is 7.58. The van der Waals surface area contributed by atoms with Gasteiger partial charge in [-0.1, -0.05) is 13.5 Å². The van der Waals surface area contributed by atoms with Crippen LogP contribution in [-0.4, -0.2) is 12.1 Å². The van der Waals surface area contributed by atoms with E-state index in [1.54, 1.807) is 0 Å². The van der Waals surface area contributed by atoms with E-state index in [-0.39, 0.29) is 12.1 Å². The first-order valence-corrected chi connectivity index (χ1v) is 4.61. The van der Waals surface area contributed by atoms with E-state index in [9.17, 15) is 4.79 Å². The monoisotopic (exact) mass is 168 g/mol. The molecule has 2 unspecified atom stereocenters. The molecular weight excluding hydrogens is 152 g/mol. The molecule has 0 aromatic heterocycles. The Bertz CT molecular complexity index is 175. The van der Waals surface area contributed by atoms with Crippen molar-refractivity contribution >= 4 is 5.97 Å². The molecule has 0 heterocycles. The molecule has 2 atom stereocenters. The number of hydrogen-bond donors (Lipinski definition) is 0. The van der Waals surface area contributed by atoms with Crippen molar-refractivity contribution in [1.82, 2.24) is 0 Å². The first-order chi connectivity index (χ1) is 5.77. The van der Waals surface area contributed by atoms with Crippen molar-refractivity contribution in [2.75, 3.05) is 0 Å². The minimum absolute atomic E-state index is 0.153. The Balaban J connectivity index is 2.40. The van der Waals surface area contributed by atoms with Gasteiger partial charge < -0.3 is 4.74 Å². The average Bonchev–Trinajstić information content (AvgIpc) is 2.51. The molecule has 1 saturated carbocycles. The third-order valence-corrected chi connectivity index (χ3v) is 2.55. The molecule has 0 aromatic carbocycles. The van der Waals surface area contributed by atoms with Crippen LogP contribution in [-0.2, 0) is 9.53 Å². The molecule has 0 aliphatic heterocycles. The van der Waals surface area contributed by atoms with E-state index in [2.05, 4.69) is 13.5 Å².